The van der Waals surface area contributed by atoms with E-state index in [1.54, 1.807) is 16.7 Å². The third-order valence-electron chi connectivity index (χ3n) is 6.76. The summed E-state index contributed by atoms with van der Waals surface area (Å²) >= 11 is 1.60. The molecule has 0 bridgehead atoms. The smallest absolute Gasteiger partial charge is 0.243 e. The van der Waals surface area contributed by atoms with Gasteiger partial charge in [0.05, 0.1) is 5.75 Å². The Morgan fingerprint density at radius 2 is 1.33 bits per heavy atom. The van der Waals surface area contributed by atoms with Crippen molar-refractivity contribution in [1.82, 2.24) is 10.2 Å². The largest absolute Gasteiger partial charge is 0.352 e. The Bertz CT molecular complexity index is 1070. The molecule has 1 fully saturated rings. The maximum absolute atomic E-state index is 13.7. The van der Waals surface area contributed by atoms with Crippen molar-refractivity contribution in [3.63, 3.8) is 0 Å². The minimum atomic E-state index is -0.556. The van der Waals surface area contributed by atoms with Crippen molar-refractivity contribution in [3.05, 3.63) is 108 Å². The molecule has 188 valence electrons. The summed E-state index contributed by atoms with van der Waals surface area (Å²) in [5, 5.41) is 3.30. The molecule has 0 aromatic heterocycles. The highest BCUT2D eigenvalue weighted by atomic mass is 32.2. The van der Waals surface area contributed by atoms with Gasteiger partial charge in [0.2, 0.25) is 11.8 Å². The zero-order valence-corrected chi connectivity index (χ0v) is 21.7. The summed E-state index contributed by atoms with van der Waals surface area (Å²) in [6, 6.07) is 29.9. The van der Waals surface area contributed by atoms with Crippen LogP contribution in [0.25, 0.3) is 0 Å². The van der Waals surface area contributed by atoms with E-state index in [0.29, 0.717) is 18.7 Å². The van der Waals surface area contributed by atoms with E-state index >= 15 is 0 Å². The van der Waals surface area contributed by atoms with Crippen LogP contribution < -0.4 is 5.32 Å². The van der Waals surface area contributed by atoms with Gasteiger partial charge in [-0.1, -0.05) is 110 Å². The number of nitrogens with zero attached hydrogens (tertiary/aromatic N) is 1. The fourth-order valence-electron chi connectivity index (χ4n) is 4.79. The Morgan fingerprint density at radius 1 is 0.778 bits per heavy atom. The van der Waals surface area contributed by atoms with E-state index in [1.807, 2.05) is 78.9 Å². The predicted octanol–water partition coefficient (Wildman–Crippen LogP) is 6.01. The lowest BCUT2D eigenvalue weighted by Crippen LogP contribution is -2.53. The summed E-state index contributed by atoms with van der Waals surface area (Å²) in [7, 11) is 0. The second kappa shape index (κ2) is 13.9. The third kappa shape index (κ3) is 7.99. The second-order valence-electron chi connectivity index (χ2n) is 9.53. The van der Waals surface area contributed by atoms with Crippen molar-refractivity contribution in [2.75, 3.05) is 5.75 Å². The summed E-state index contributed by atoms with van der Waals surface area (Å²) in [4.78, 5) is 29.2. The highest BCUT2D eigenvalue weighted by Gasteiger charge is 2.31. The first-order chi connectivity index (χ1) is 17.7. The number of thioether (sulfide) groups is 1. The molecule has 1 saturated carbocycles. The van der Waals surface area contributed by atoms with E-state index in [-0.39, 0.29) is 17.9 Å². The molecule has 2 amide bonds. The predicted molar refractivity (Wildman–Crippen MR) is 149 cm³/mol. The Hall–Kier alpha value is -3.05. The van der Waals surface area contributed by atoms with E-state index < -0.39 is 6.04 Å². The van der Waals surface area contributed by atoms with Crippen LogP contribution in [-0.2, 0) is 28.3 Å². The van der Waals surface area contributed by atoms with Crippen LogP contribution in [0, 0.1) is 0 Å². The molecular formula is C31H36N2O2S. The normalized spacial score (nSPS) is 14.7. The number of benzene rings is 3. The standard InChI is InChI=1S/C31H36N2O2S/c34-30(24-36-23-27-17-9-3-10-18-27)33(22-26-15-7-2-8-16-26)29(21-25-13-5-1-6-14-25)31(35)32-28-19-11-4-12-20-28/h1-3,5-10,13-18,28-29H,4,11-12,19-24H2,(H,32,35)/t29-/m0/s1. The highest BCUT2D eigenvalue weighted by molar-refractivity contribution is 7.99. The summed E-state index contributed by atoms with van der Waals surface area (Å²) in [5.41, 5.74) is 3.28. The topological polar surface area (TPSA) is 49.4 Å². The van der Waals surface area contributed by atoms with Crippen LogP contribution in [0.1, 0.15) is 48.8 Å². The molecular weight excluding hydrogens is 464 g/mol. The highest BCUT2D eigenvalue weighted by Crippen LogP contribution is 2.21. The van der Waals surface area contributed by atoms with E-state index in [1.165, 1.54) is 12.0 Å². The SMILES string of the molecule is O=C(NC1CCCCC1)[C@H](Cc1ccccc1)N(Cc1ccccc1)C(=O)CSCc1ccccc1. The first kappa shape index (κ1) is 26.0. The lowest BCUT2D eigenvalue weighted by atomic mass is 9.94. The molecule has 0 spiro atoms. The van der Waals surface area contributed by atoms with Gasteiger partial charge in [0.25, 0.3) is 0 Å². The molecule has 0 radical (unpaired) electrons. The van der Waals surface area contributed by atoms with Crippen LogP contribution in [-0.4, -0.2) is 34.6 Å². The first-order valence-corrected chi connectivity index (χ1v) is 14.1. The van der Waals surface area contributed by atoms with Crippen molar-refractivity contribution >= 4 is 23.6 Å². The minimum Gasteiger partial charge on any atom is -0.352 e. The Labute approximate surface area is 219 Å². The maximum atomic E-state index is 13.7. The quantitative estimate of drug-likeness (QED) is 0.351. The van der Waals surface area contributed by atoms with E-state index in [4.69, 9.17) is 0 Å². The Balaban J connectivity index is 1.54. The monoisotopic (exact) mass is 500 g/mol. The molecule has 1 aliphatic rings. The van der Waals surface area contributed by atoms with Gasteiger partial charge in [0.1, 0.15) is 6.04 Å². The van der Waals surface area contributed by atoms with Crippen molar-refractivity contribution < 1.29 is 9.59 Å². The molecule has 3 aromatic carbocycles. The summed E-state index contributed by atoms with van der Waals surface area (Å²) in [5.74, 6) is 1.07. The molecule has 0 unspecified atom stereocenters. The number of carbonyl (C=O) groups excluding carboxylic acids is 2. The van der Waals surface area contributed by atoms with Gasteiger partial charge in [0.15, 0.2) is 0 Å². The molecule has 4 rings (SSSR count). The number of nitrogens with one attached hydrogen (secondary N) is 1. The fraction of sp³-hybridized carbons (Fsp3) is 0.355. The molecule has 1 aliphatic carbocycles. The van der Waals surface area contributed by atoms with E-state index in [2.05, 4.69) is 17.4 Å². The minimum absolute atomic E-state index is 0.000454. The summed E-state index contributed by atoms with van der Waals surface area (Å²) < 4.78 is 0. The number of carbonyl (C=O) groups is 2. The Morgan fingerprint density at radius 3 is 1.94 bits per heavy atom. The van der Waals surface area contributed by atoms with Gasteiger partial charge in [-0.15, -0.1) is 11.8 Å². The summed E-state index contributed by atoms with van der Waals surface area (Å²) in [6.45, 7) is 0.418. The van der Waals surface area contributed by atoms with Crippen LogP contribution >= 0.6 is 11.8 Å². The maximum Gasteiger partial charge on any atom is 0.243 e. The van der Waals surface area contributed by atoms with Crippen molar-refractivity contribution in [2.45, 2.75) is 62.9 Å². The molecule has 4 nitrogen and oxygen atoms in total. The van der Waals surface area contributed by atoms with Crippen LogP contribution in [0.2, 0.25) is 0 Å². The lowest BCUT2D eigenvalue weighted by Gasteiger charge is -2.33. The number of amides is 2. The molecule has 0 saturated heterocycles. The molecule has 0 aliphatic heterocycles. The molecule has 1 atom stereocenters. The van der Waals surface area contributed by atoms with Gasteiger partial charge in [-0.3, -0.25) is 9.59 Å². The Kier molecular flexibility index (Phi) is 10.0. The second-order valence-corrected chi connectivity index (χ2v) is 10.5. The van der Waals surface area contributed by atoms with Crippen LogP contribution in [0.3, 0.4) is 0 Å². The van der Waals surface area contributed by atoms with Crippen LogP contribution in [0.5, 0.6) is 0 Å². The molecule has 5 heteroatoms. The zero-order valence-electron chi connectivity index (χ0n) is 20.9. The summed E-state index contributed by atoms with van der Waals surface area (Å²) in [6.07, 6.45) is 6.07. The van der Waals surface area contributed by atoms with Gasteiger partial charge in [-0.2, -0.15) is 0 Å². The van der Waals surface area contributed by atoms with E-state index in [9.17, 15) is 9.59 Å². The van der Waals surface area contributed by atoms with Crippen molar-refractivity contribution in [3.8, 4) is 0 Å². The van der Waals surface area contributed by atoms with Gasteiger partial charge < -0.3 is 10.2 Å². The van der Waals surface area contributed by atoms with Gasteiger partial charge in [-0.05, 0) is 29.5 Å². The molecule has 3 aromatic rings. The van der Waals surface area contributed by atoms with Crippen molar-refractivity contribution in [1.29, 1.82) is 0 Å². The van der Waals surface area contributed by atoms with Crippen LogP contribution in [0.15, 0.2) is 91.0 Å². The van der Waals surface area contributed by atoms with Gasteiger partial charge in [0, 0.05) is 24.8 Å². The molecule has 36 heavy (non-hydrogen) atoms. The fourth-order valence-corrected chi connectivity index (χ4v) is 5.66. The van der Waals surface area contributed by atoms with Crippen molar-refractivity contribution in [2.24, 2.45) is 0 Å². The number of rotatable bonds is 11. The number of hydrogen-bond donors (Lipinski definition) is 1. The average molecular weight is 501 g/mol. The lowest BCUT2D eigenvalue weighted by molar-refractivity contribution is -0.139. The van der Waals surface area contributed by atoms with Gasteiger partial charge >= 0.3 is 0 Å². The number of hydrogen-bond acceptors (Lipinski definition) is 3. The zero-order chi connectivity index (χ0) is 25.0. The molecule has 1 N–H and O–H groups in total. The van der Waals surface area contributed by atoms with E-state index in [0.717, 1.165) is 42.6 Å². The first-order valence-electron chi connectivity index (χ1n) is 13.0. The molecule has 0 heterocycles. The van der Waals surface area contributed by atoms with Crippen LogP contribution in [0.4, 0.5) is 0 Å². The third-order valence-corrected chi connectivity index (χ3v) is 7.74. The van der Waals surface area contributed by atoms with Gasteiger partial charge in [-0.25, -0.2) is 0 Å². The average Bonchev–Trinajstić information content (AvgIpc) is 2.93.